The zero-order chi connectivity index (χ0) is 31.7. The van der Waals surface area contributed by atoms with Gasteiger partial charge in [-0.2, -0.15) is 0 Å². The summed E-state index contributed by atoms with van der Waals surface area (Å²) < 4.78 is 2.21. The molecule has 218 valence electrons. The van der Waals surface area contributed by atoms with Gasteiger partial charge in [0.1, 0.15) is 0 Å². The van der Waals surface area contributed by atoms with Crippen LogP contribution in [0.3, 0.4) is 0 Å². The molecule has 0 bridgehead atoms. The van der Waals surface area contributed by atoms with Crippen molar-refractivity contribution in [1.82, 2.24) is 4.57 Å². The molecule has 0 spiro atoms. The van der Waals surface area contributed by atoms with Gasteiger partial charge in [0, 0.05) is 5.69 Å². The van der Waals surface area contributed by atoms with E-state index in [1.807, 2.05) is 42.5 Å². The molecule has 0 aliphatic carbocycles. The van der Waals surface area contributed by atoms with Crippen molar-refractivity contribution in [2.24, 2.45) is 0 Å². The van der Waals surface area contributed by atoms with E-state index in [1.165, 1.54) is 33.4 Å². The van der Waals surface area contributed by atoms with Gasteiger partial charge in [-0.25, -0.2) is 9.69 Å². The molecule has 0 N–H and O–H groups in total. The summed E-state index contributed by atoms with van der Waals surface area (Å²) >= 11 is 0. The molecule has 0 unspecified atom stereocenters. The molecule has 7 aromatic carbocycles. The van der Waals surface area contributed by atoms with Gasteiger partial charge in [0.05, 0.1) is 24.2 Å². The van der Waals surface area contributed by atoms with Crippen molar-refractivity contribution < 1.29 is 0 Å². The minimum atomic E-state index is 0.589. The van der Waals surface area contributed by atoms with Gasteiger partial charge in [0.15, 0.2) is 11.4 Å². The lowest BCUT2D eigenvalue weighted by Crippen LogP contribution is -1.93. The first kappa shape index (κ1) is 27.8. The smallest absolute Gasteiger partial charge is 0.188 e. The molecule has 3 nitrogen and oxygen atoms in total. The molecule has 8 rings (SSSR count). The van der Waals surface area contributed by atoms with Crippen LogP contribution in [-0.2, 0) is 0 Å². The lowest BCUT2D eigenvalue weighted by molar-refractivity contribution is 1.18. The molecule has 47 heavy (non-hydrogen) atoms. The van der Waals surface area contributed by atoms with Crippen molar-refractivity contribution in [2.45, 2.75) is 0 Å². The van der Waals surface area contributed by atoms with E-state index >= 15 is 0 Å². The first-order valence-corrected chi connectivity index (χ1v) is 15.5. The van der Waals surface area contributed by atoms with E-state index in [0.29, 0.717) is 11.4 Å². The van der Waals surface area contributed by atoms with Crippen molar-refractivity contribution in [3.8, 4) is 50.2 Å². The van der Waals surface area contributed by atoms with Gasteiger partial charge in [-0.1, -0.05) is 109 Å². The Kier molecular flexibility index (Phi) is 6.92. The predicted octanol–water partition coefficient (Wildman–Crippen LogP) is 12.6. The lowest BCUT2D eigenvalue weighted by Gasteiger charge is -2.11. The monoisotopic (exact) mass is 597 g/mol. The third-order valence-corrected chi connectivity index (χ3v) is 8.81. The van der Waals surface area contributed by atoms with Crippen LogP contribution in [0.1, 0.15) is 0 Å². The molecule has 0 fully saturated rings. The fourth-order valence-corrected chi connectivity index (χ4v) is 6.49. The zero-order valence-electron chi connectivity index (χ0n) is 25.4. The van der Waals surface area contributed by atoms with Crippen molar-refractivity contribution >= 4 is 33.2 Å². The maximum absolute atomic E-state index is 7.51. The number of benzene rings is 7. The number of nitrogens with zero attached hydrogens (tertiary/aromatic N) is 3. The van der Waals surface area contributed by atoms with Crippen LogP contribution in [0, 0.1) is 13.1 Å². The van der Waals surface area contributed by atoms with Crippen molar-refractivity contribution in [2.75, 3.05) is 0 Å². The molecule has 0 atom stereocenters. The summed E-state index contributed by atoms with van der Waals surface area (Å²) in [5.41, 5.74) is 13.7. The van der Waals surface area contributed by atoms with E-state index in [4.69, 9.17) is 13.1 Å². The fourth-order valence-electron chi connectivity index (χ4n) is 6.49. The number of rotatable bonds is 5. The second-order valence-corrected chi connectivity index (χ2v) is 11.6. The summed E-state index contributed by atoms with van der Waals surface area (Å²) in [7, 11) is 0. The van der Waals surface area contributed by atoms with Gasteiger partial charge in [-0.05, 0) is 110 Å². The molecular formula is C44H27N3. The SMILES string of the molecule is [C-]#[N+]c1ccc2c(c1)c1cc([N+]#[C-])ccc1n2-c1ccc(-c2cccc(-c3cccc(-c4cccc(-c5ccccc5)c4)c3)c2)cc1. The summed E-state index contributed by atoms with van der Waals surface area (Å²) in [6.07, 6.45) is 0. The van der Waals surface area contributed by atoms with Crippen LogP contribution < -0.4 is 0 Å². The summed E-state index contributed by atoms with van der Waals surface area (Å²) in [6, 6.07) is 56.9. The Bertz CT molecular complexity index is 2450. The van der Waals surface area contributed by atoms with Crippen molar-refractivity contribution in [3.63, 3.8) is 0 Å². The minimum Gasteiger partial charge on any atom is -0.309 e. The molecular weight excluding hydrogens is 571 g/mol. The van der Waals surface area contributed by atoms with Gasteiger partial charge in [0.2, 0.25) is 0 Å². The van der Waals surface area contributed by atoms with Crippen LogP contribution in [0.4, 0.5) is 11.4 Å². The average Bonchev–Trinajstić information content (AvgIpc) is 3.48. The Morgan fingerprint density at radius 3 is 1.15 bits per heavy atom. The Balaban J connectivity index is 1.13. The second-order valence-electron chi connectivity index (χ2n) is 11.6. The van der Waals surface area contributed by atoms with E-state index in [1.54, 1.807) is 0 Å². The van der Waals surface area contributed by atoms with E-state index in [0.717, 1.165) is 38.6 Å². The maximum atomic E-state index is 7.51. The van der Waals surface area contributed by atoms with Gasteiger partial charge in [-0.3, -0.25) is 0 Å². The molecule has 1 heterocycles. The molecule has 0 radical (unpaired) electrons. The number of hydrogen-bond donors (Lipinski definition) is 0. The Hall–Kier alpha value is -6.68. The highest BCUT2D eigenvalue weighted by Gasteiger charge is 2.14. The zero-order valence-corrected chi connectivity index (χ0v) is 25.4. The topological polar surface area (TPSA) is 13.7 Å². The predicted molar refractivity (Wildman–Crippen MR) is 195 cm³/mol. The van der Waals surface area contributed by atoms with Gasteiger partial charge in [-0.15, -0.1) is 0 Å². The third-order valence-electron chi connectivity index (χ3n) is 8.81. The molecule has 0 aliphatic rings. The summed E-state index contributed by atoms with van der Waals surface area (Å²) in [5, 5.41) is 1.95. The molecule has 0 saturated carbocycles. The van der Waals surface area contributed by atoms with Crippen molar-refractivity contribution in [1.29, 1.82) is 0 Å². The van der Waals surface area contributed by atoms with E-state index in [-0.39, 0.29) is 0 Å². The molecule has 0 saturated heterocycles. The lowest BCUT2D eigenvalue weighted by atomic mass is 9.95. The Morgan fingerprint density at radius 1 is 0.340 bits per heavy atom. The maximum Gasteiger partial charge on any atom is 0.188 e. The first-order valence-electron chi connectivity index (χ1n) is 15.5. The number of aromatic nitrogens is 1. The third kappa shape index (κ3) is 5.13. The minimum absolute atomic E-state index is 0.589. The van der Waals surface area contributed by atoms with Gasteiger partial charge in [0.25, 0.3) is 0 Å². The van der Waals surface area contributed by atoms with E-state index < -0.39 is 0 Å². The highest BCUT2D eigenvalue weighted by molar-refractivity contribution is 6.11. The molecule has 8 aromatic rings. The molecule has 0 amide bonds. The van der Waals surface area contributed by atoms with E-state index in [9.17, 15) is 0 Å². The second kappa shape index (κ2) is 11.7. The van der Waals surface area contributed by atoms with Crippen LogP contribution in [0.15, 0.2) is 164 Å². The summed E-state index contributed by atoms with van der Waals surface area (Å²) in [6.45, 7) is 15.0. The van der Waals surface area contributed by atoms with Gasteiger partial charge < -0.3 is 4.57 Å². The molecule has 0 aliphatic heterocycles. The number of fused-ring (bicyclic) bond motifs is 3. The normalized spacial score (nSPS) is 10.9. The van der Waals surface area contributed by atoms with Crippen LogP contribution in [0.2, 0.25) is 0 Å². The Morgan fingerprint density at radius 2 is 0.723 bits per heavy atom. The first-order chi connectivity index (χ1) is 23.2. The largest absolute Gasteiger partial charge is 0.309 e. The summed E-state index contributed by atoms with van der Waals surface area (Å²) in [4.78, 5) is 7.28. The quantitative estimate of drug-likeness (QED) is 0.175. The standard InChI is InChI=1S/C44H27N3/c1-45-38-19-23-43-41(28-38)42-29-39(46-2)20-24-44(42)47(43)40-21-17-31(18-22-40)33-12-7-14-35(26-33)37-16-8-15-36(27-37)34-13-6-11-32(25-34)30-9-4-3-5-10-30/h3-29H. The highest BCUT2D eigenvalue weighted by atomic mass is 15.0. The van der Waals surface area contributed by atoms with Crippen LogP contribution >= 0.6 is 0 Å². The van der Waals surface area contributed by atoms with Crippen LogP contribution in [0.25, 0.3) is 81.7 Å². The van der Waals surface area contributed by atoms with Gasteiger partial charge >= 0.3 is 0 Å². The van der Waals surface area contributed by atoms with Crippen molar-refractivity contribution in [3.05, 3.63) is 187 Å². The molecule has 3 heteroatoms. The number of hydrogen-bond acceptors (Lipinski definition) is 0. The Labute approximate surface area is 273 Å². The molecule has 1 aromatic heterocycles. The summed E-state index contributed by atoms with van der Waals surface area (Å²) in [5.74, 6) is 0. The van der Waals surface area contributed by atoms with Crippen LogP contribution in [0.5, 0.6) is 0 Å². The van der Waals surface area contributed by atoms with E-state index in [2.05, 4.69) is 136 Å². The average molecular weight is 598 g/mol. The fraction of sp³-hybridized carbons (Fsp3) is 0. The van der Waals surface area contributed by atoms with Crippen LogP contribution in [-0.4, -0.2) is 4.57 Å². The highest BCUT2D eigenvalue weighted by Crippen LogP contribution is 2.37.